The number of nitrogen functional groups attached to an aromatic ring is 1. The van der Waals surface area contributed by atoms with Gasteiger partial charge in [0.25, 0.3) is 20.7 Å². The number of halogens is 3. The van der Waals surface area contributed by atoms with Gasteiger partial charge in [0.1, 0.15) is 13.4 Å². The van der Waals surface area contributed by atoms with E-state index in [2.05, 4.69) is 124 Å². The van der Waals surface area contributed by atoms with Crippen LogP contribution in [0.3, 0.4) is 0 Å². The van der Waals surface area contributed by atoms with Crippen LogP contribution in [0.2, 0.25) is 39.4 Å². The van der Waals surface area contributed by atoms with E-state index in [9.17, 15) is 77.1 Å². The predicted octanol–water partition coefficient (Wildman–Crippen LogP) is 14.0. The minimum atomic E-state index is -4.64. The van der Waals surface area contributed by atoms with Gasteiger partial charge in [-0.3, -0.25) is 28.8 Å². The molecular weight excluding hydrogens is 1810 g/mol. The number of nitrogens with one attached hydrogen (secondary N) is 5. The average Bonchev–Trinajstić information content (AvgIpc) is 1.62. The number of aldehydes is 2. The van der Waals surface area contributed by atoms with E-state index in [1.807, 2.05) is 178 Å². The Balaban J connectivity index is 0.000000354. The standard InChI is InChI=1S/C20H21NO3.C19H22BNO3.C19H20BNO3.C18H20BNO2.C17H18N2O2.C13H11N.C2HF3O.C2H2.2CH4.B.2Na.2H/c1-12(9-13(2)23)20(24)21-14-7-8-17-15-5-3-4-6-16(15)19(11-22)18(17)10-14;2*1-12(10-20(2)24)19(23)21-13-7-8-16-14-5-3-4-6-15(14)18(11-22)17(16)9-13;1-12(11-19(2)22)18(21)20-15-7-8-17-14(10-15)9-13-5-3-4-6-16(13)17;1-10(18)17(21)19-11-6-7-14-12-4-2-3-5-13(12)16(9-20)15(14)8-11;14-11-5-6-13-10(8-11)7-9-3-1-2-4-12(9)13;3-2(4,5)1-6;1-2;;;;;;;/h3-8,10,12,19,22H,9,11H2,1-2H3,(H,21,24);3-9,12,18,22,24H,10-11H2,1-2H3,(H,21,23);3-9,11-12,18,24H,10H2,1-2H3,(H,21,23);3-8,10,12,22H,9,11H2,1-2H3,(H,20,21);2-8,10,16,20H,9,18H2,1H3,(H,19,21);1-6,8H,7,14H2;1H;1-2H;2*1H4;;;;;/q;;;;;;;;;;;2*+1;2*-1/i;;;;;;;1D;;;;;;;. The summed E-state index contributed by atoms with van der Waals surface area (Å²) in [6.07, 6.45) is 4.51. The van der Waals surface area contributed by atoms with Gasteiger partial charge in [-0.15, -0.1) is 12.8 Å². The Morgan fingerprint density at radius 3 is 0.979 bits per heavy atom. The maximum absolute atomic E-state index is 12.2. The van der Waals surface area contributed by atoms with E-state index in [4.69, 9.17) is 17.6 Å². The SMILES string of the molecule is C.C.CB(O)CC(C)C(=O)Nc1ccc2c(c1)C(C=O)c1ccccc1-2.CB(O)CC(C)C(=O)Nc1ccc2c(c1)C(CO)c1ccccc1-2.CB(O)CC(C)C(=O)Nc1ccc2c(c1)Cc1ccccc1-2.CC(=O)CC(C)C(=O)Nc1ccc2c(c1)C(CO)c1ccccc1-2.CC(N)C(=O)Nc1ccc2c(c1)C(CO)c1ccccc1-2.Nc1ccc2c(c1)Cc1ccccc1-2.O=CC(F)(F)F.[2H]C#C.[B].[H-].[H-].[Na+].[Na+]. The molecule has 0 spiro atoms. The van der Waals surface area contributed by atoms with Gasteiger partial charge in [-0.05, 0) is 252 Å². The number of carbonyl (C=O) groups excluding carboxylic acids is 8. The summed E-state index contributed by atoms with van der Waals surface area (Å²) in [6, 6.07) is 83.8. The van der Waals surface area contributed by atoms with Crippen LogP contribution in [-0.4, -0.2) is 139 Å². The smallest absolute Gasteiger partial charge is 1.00 e. The molecule has 0 aliphatic heterocycles. The van der Waals surface area contributed by atoms with Crippen molar-refractivity contribution < 1.29 is 145 Å². The number of amides is 5. The van der Waals surface area contributed by atoms with Gasteiger partial charge in [0, 0.05) is 90.4 Å². The Labute approximate surface area is 883 Å². The predicted molar refractivity (Wildman–Crippen MR) is 564 cm³/mol. The number of hydrogen-bond acceptors (Lipinski definition) is 16. The van der Waals surface area contributed by atoms with Crippen molar-refractivity contribution in [3.8, 4) is 79.6 Å². The molecule has 3 radical (unpaired) electrons. The van der Waals surface area contributed by atoms with Crippen LogP contribution in [0.25, 0.3) is 66.8 Å². The molecule has 21 nitrogen and oxygen atoms in total. The maximum atomic E-state index is 12.2. The van der Waals surface area contributed by atoms with Crippen LogP contribution in [0.15, 0.2) is 255 Å². The van der Waals surface area contributed by atoms with Crippen LogP contribution in [0.4, 0.5) is 47.3 Å². The fourth-order valence-corrected chi connectivity index (χ4v) is 18.3. The van der Waals surface area contributed by atoms with Gasteiger partial charge in [-0.25, -0.2) is 0 Å². The molecule has 12 aromatic carbocycles. The second kappa shape index (κ2) is 55.1. The monoisotopic (exact) mass is 1940 g/mol. The van der Waals surface area contributed by atoms with Gasteiger partial charge in [0.15, 0.2) is 0 Å². The van der Waals surface area contributed by atoms with Crippen molar-refractivity contribution in [2.24, 2.45) is 29.4 Å². The molecule has 9 unspecified atom stereocenters. The molecule has 15 N–H and O–H groups in total. The van der Waals surface area contributed by atoms with Crippen molar-refractivity contribution in [1.29, 1.82) is 0 Å². The van der Waals surface area contributed by atoms with Crippen molar-refractivity contribution in [3.63, 3.8) is 0 Å². The summed E-state index contributed by atoms with van der Waals surface area (Å²) in [7, 11) is 0. The van der Waals surface area contributed by atoms with Gasteiger partial charge in [0.2, 0.25) is 35.8 Å². The molecule has 0 saturated carbocycles. The number of Topliss-reactive ketones (excluding diaryl/α,β-unsaturated/α-hetero) is 1. The molecule has 18 rings (SSSR count). The van der Waals surface area contributed by atoms with E-state index in [0.29, 0.717) is 36.0 Å². The van der Waals surface area contributed by atoms with Gasteiger partial charge in [0.05, 0.1) is 31.8 Å². The molecule has 0 fully saturated rings. The fraction of sp³-hybridized carbons (Fsp3) is 0.268. The van der Waals surface area contributed by atoms with Crippen LogP contribution in [0.1, 0.15) is 157 Å². The van der Waals surface area contributed by atoms with Gasteiger partial charge in [-0.1, -0.05) is 245 Å². The van der Waals surface area contributed by atoms with Gasteiger partial charge >= 0.3 is 65.3 Å². The zero-order valence-electron chi connectivity index (χ0n) is 83.6. The minimum absolute atomic E-state index is 0. The molecule has 5 amide bonds. The third-order valence-corrected chi connectivity index (χ3v) is 24.8. The number of ketones is 1. The first-order chi connectivity index (χ1) is 66.0. The quantitative estimate of drug-likeness (QED) is 0.0130. The van der Waals surface area contributed by atoms with E-state index >= 15 is 0 Å². The number of benzene rings is 12. The number of fused-ring (bicyclic) bond motifs is 18. The molecule has 0 saturated heterocycles. The number of hydrogen-bond donors (Lipinski definition) is 13. The largest absolute Gasteiger partial charge is 1.00 e. The minimum Gasteiger partial charge on any atom is -1.00 e. The molecule has 0 bridgehead atoms. The topological polar surface area (TPSA) is 370 Å². The number of rotatable bonds is 22. The van der Waals surface area contributed by atoms with E-state index in [1.54, 1.807) is 41.2 Å². The van der Waals surface area contributed by atoms with Crippen molar-refractivity contribution in [3.05, 3.63) is 322 Å². The molecule has 6 aliphatic rings. The Bertz CT molecular complexity index is 6500. The summed E-state index contributed by atoms with van der Waals surface area (Å²) >= 11 is 0. The van der Waals surface area contributed by atoms with Gasteiger partial charge in [-0.2, -0.15) is 13.2 Å². The second-order valence-corrected chi connectivity index (χ2v) is 35.5. The number of alkyl halides is 3. The molecule has 0 aromatic heterocycles. The number of carbonyl (C=O) groups is 8. The number of anilines is 6. The Morgan fingerprint density at radius 1 is 0.408 bits per heavy atom. The van der Waals surface area contributed by atoms with Crippen molar-refractivity contribution >= 4 is 111 Å². The average molecular weight is 1940 g/mol. The molecule has 9 atom stereocenters. The number of terminal acetylenes is 1. The zero-order valence-corrected chi connectivity index (χ0v) is 84.6. The molecule has 30 heteroatoms. The number of nitrogens with two attached hydrogens (primary N) is 2. The molecule has 12 aromatic rings. The van der Waals surface area contributed by atoms with E-state index < -0.39 is 39.3 Å². The maximum Gasteiger partial charge on any atom is 1.00 e. The van der Waals surface area contributed by atoms with E-state index in [1.165, 1.54) is 57.8 Å². The Hall–Kier alpha value is -11.9. The Kier molecular flexibility index (Phi) is 45.4. The summed E-state index contributed by atoms with van der Waals surface area (Å²) in [5.41, 5.74) is 43.7. The fourth-order valence-electron chi connectivity index (χ4n) is 18.3. The van der Waals surface area contributed by atoms with Crippen LogP contribution < -0.4 is 97.2 Å². The van der Waals surface area contributed by atoms with Crippen molar-refractivity contribution in [2.75, 3.05) is 52.1 Å². The van der Waals surface area contributed by atoms with Crippen LogP contribution in [0, 0.1) is 36.5 Å². The van der Waals surface area contributed by atoms with Crippen molar-refractivity contribution in [1.82, 2.24) is 0 Å². The number of aliphatic hydroxyl groups excluding tert-OH is 3. The molecule has 727 valence electrons. The van der Waals surface area contributed by atoms with Crippen molar-refractivity contribution in [2.45, 2.75) is 151 Å². The van der Waals surface area contributed by atoms with Crippen LogP contribution in [0.5, 0.6) is 0 Å². The summed E-state index contributed by atoms with van der Waals surface area (Å²) in [5.74, 6) is -2.21. The van der Waals surface area contributed by atoms with E-state index in [-0.39, 0.29) is 194 Å². The molecule has 0 heterocycles. The summed E-state index contributed by atoms with van der Waals surface area (Å²) in [6.45, 7) is 14.0. The van der Waals surface area contributed by atoms with Crippen LogP contribution >= 0.6 is 0 Å². The third kappa shape index (κ3) is 29.9. The van der Waals surface area contributed by atoms with Crippen LogP contribution in [-0.2, 0) is 51.2 Å². The molecular formula is C112H125B4F3N7Na2O14. The normalized spacial score (nSPS) is 14.5. The second-order valence-electron chi connectivity index (χ2n) is 35.5. The summed E-state index contributed by atoms with van der Waals surface area (Å²) in [4.78, 5) is 92.0. The Morgan fingerprint density at radius 2 is 0.662 bits per heavy atom. The summed E-state index contributed by atoms with van der Waals surface area (Å²) in [5, 5.41) is 72.0. The third-order valence-electron chi connectivity index (χ3n) is 24.8. The molecule has 142 heavy (non-hydrogen) atoms. The summed E-state index contributed by atoms with van der Waals surface area (Å²) < 4.78 is 37.0. The van der Waals surface area contributed by atoms with Gasteiger partial charge < -0.3 is 80.9 Å². The first-order valence-electron chi connectivity index (χ1n) is 46.1. The zero-order chi connectivity index (χ0) is 99.9. The number of aliphatic hydroxyl groups is 3. The molecule has 6 aliphatic carbocycles. The first-order valence-corrected chi connectivity index (χ1v) is 45.6. The first kappa shape index (κ1) is 117. The van der Waals surface area contributed by atoms with E-state index in [0.717, 1.165) is 125 Å².